The second-order valence-electron chi connectivity index (χ2n) is 5.50. The van der Waals surface area contributed by atoms with Crippen LogP contribution in [0.5, 0.6) is 0 Å². The molecule has 1 fully saturated rings. The van der Waals surface area contributed by atoms with Gasteiger partial charge in [0.1, 0.15) is 6.54 Å². The van der Waals surface area contributed by atoms with E-state index in [1.165, 1.54) is 0 Å². The van der Waals surface area contributed by atoms with E-state index in [2.05, 4.69) is 15.3 Å². The van der Waals surface area contributed by atoms with Crippen molar-refractivity contribution in [2.75, 3.05) is 13.1 Å². The zero-order valence-electron chi connectivity index (χ0n) is 13.6. The number of halogens is 1. The molecule has 2 N–H and O–H groups in total. The Hall–Kier alpha value is -2.58. The highest BCUT2D eigenvalue weighted by molar-refractivity contribution is 8.18. The Bertz CT molecular complexity index is 849. The molecule has 7 nitrogen and oxygen atoms in total. The summed E-state index contributed by atoms with van der Waals surface area (Å²) in [6, 6.07) is 6.90. The van der Waals surface area contributed by atoms with E-state index in [1.54, 1.807) is 42.9 Å². The number of hydrogen-bond acceptors (Lipinski definition) is 5. The van der Waals surface area contributed by atoms with Crippen molar-refractivity contribution in [2.24, 2.45) is 0 Å². The Kier molecular flexibility index (Phi) is 5.75. The number of H-pyrrole nitrogens is 1. The fraction of sp³-hybridized carbons (Fsp3) is 0.176. The van der Waals surface area contributed by atoms with Crippen molar-refractivity contribution in [1.29, 1.82) is 0 Å². The highest BCUT2D eigenvalue weighted by Gasteiger charge is 2.36. The zero-order chi connectivity index (χ0) is 18.5. The van der Waals surface area contributed by atoms with E-state index in [4.69, 9.17) is 11.6 Å². The number of hydrogen-bond donors (Lipinski definition) is 2. The first-order chi connectivity index (χ1) is 12.5. The van der Waals surface area contributed by atoms with Crippen LogP contribution >= 0.6 is 23.4 Å². The van der Waals surface area contributed by atoms with Gasteiger partial charge in [0, 0.05) is 29.9 Å². The second-order valence-corrected chi connectivity index (χ2v) is 6.93. The van der Waals surface area contributed by atoms with Gasteiger partial charge in [0.05, 0.1) is 11.2 Å². The van der Waals surface area contributed by atoms with Crippen LogP contribution in [0.4, 0.5) is 4.79 Å². The largest absolute Gasteiger partial charge is 0.354 e. The first-order valence-corrected chi connectivity index (χ1v) is 8.97. The second kappa shape index (κ2) is 8.20. The number of imide groups is 1. The fourth-order valence-corrected chi connectivity index (χ4v) is 3.27. The molecule has 0 spiro atoms. The molecule has 1 aromatic heterocycles. The van der Waals surface area contributed by atoms with Crippen molar-refractivity contribution in [2.45, 2.75) is 6.42 Å². The van der Waals surface area contributed by atoms with Gasteiger partial charge in [-0.15, -0.1) is 0 Å². The first kappa shape index (κ1) is 18.2. The van der Waals surface area contributed by atoms with Crippen LogP contribution in [0.1, 0.15) is 11.3 Å². The lowest BCUT2D eigenvalue weighted by molar-refractivity contribution is -0.129. The molecule has 0 radical (unpaired) electrons. The van der Waals surface area contributed by atoms with Crippen molar-refractivity contribution in [3.63, 3.8) is 0 Å². The van der Waals surface area contributed by atoms with Crippen LogP contribution < -0.4 is 5.32 Å². The van der Waals surface area contributed by atoms with Crippen molar-refractivity contribution >= 4 is 46.5 Å². The predicted molar refractivity (Wildman–Crippen MR) is 99.4 cm³/mol. The number of nitrogens with zero attached hydrogens (tertiary/aromatic N) is 2. The highest BCUT2D eigenvalue weighted by Crippen LogP contribution is 2.32. The van der Waals surface area contributed by atoms with E-state index in [-0.39, 0.29) is 17.4 Å². The third kappa shape index (κ3) is 4.53. The molecule has 134 valence electrons. The van der Waals surface area contributed by atoms with E-state index >= 15 is 0 Å². The Balaban J connectivity index is 1.56. The molecule has 1 saturated heterocycles. The van der Waals surface area contributed by atoms with E-state index in [1.807, 2.05) is 0 Å². The van der Waals surface area contributed by atoms with E-state index in [9.17, 15) is 14.4 Å². The van der Waals surface area contributed by atoms with Crippen LogP contribution in [-0.2, 0) is 16.0 Å². The van der Waals surface area contributed by atoms with Gasteiger partial charge >= 0.3 is 0 Å². The summed E-state index contributed by atoms with van der Waals surface area (Å²) in [5.41, 5.74) is 1.64. The minimum atomic E-state index is -0.473. The molecule has 0 unspecified atom stereocenters. The van der Waals surface area contributed by atoms with Crippen LogP contribution in [0.25, 0.3) is 6.08 Å². The van der Waals surface area contributed by atoms with Crippen LogP contribution in [-0.4, -0.2) is 45.0 Å². The number of amides is 3. The molecule has 0 bridgehead atoms. The lowest BCUT2D eigenvalue weighted by atomic mass is 10.2. The van der Waals surface area contributed by atoms with Gasteiger partial charge in [-0.2, -0.15) is 0 Å². The van der Waals surface area contributed by atoms with Gasteiger partial charge < -0.3 is 10.3 Å². The van der Waals surface area contributed by atoms with Crippen molar-refractivity contribution in [3.05, 3.63) is 58.0 Å². The van der Waals surface area contributed by atoms with E-state index < -0.39 is 11.1 Å². The Morgan fingerprint density at radius 2 is 2.08 bits per heavy atom. The molecular weight excluding hydrogens is 376 g/mol. The van der Waals surface area contributed by atoms with Gasteiger partial charge in [-0.3, -0.25) is 19.3 Å². The summed E-state index contributed by atoms with van der Waals surface area (Å²) in [6.07, 6.45) is 5.43. The molecule has 3 amide bonds. The molecule has 0 saturated carbocycles. The van der Waals surface area contributed by atoms with E-state index in [0.717, 1.165) is 27.9 Å². The predicted octanol–water partition coefficient (Wildman–Crippen LogP) is 2.46. The third-order valence-corrected chi connectivity index (χ3v) is 4.77. The number of carbonyl (C=O) groups is 3. The molecule has 9 heteroatoms. The third-order valence-electron chi connectivity index (χ3n) is 3.61. The molecule has 26 heavy (non-hydrogen) atoms. The lowest BCUT2D eigenvalue weighted by Crippen LogP contribution is -2.40. The van der Waals surface area contributed by atoms with Gasteiger partial charge in [-0.25, -0.2) is 4.98 Å². The number of rotatable bonds is 6. The average Bonchev–Trinajstić information content (AvgIpc) is 3.21. The van der Waals surface area contributed by atoms with Crippen LogP contribution in [0.15, 0.2) is 41.7 Å². The highest BCUT2D eigenvalue weighted by atomic mass is 35.5. The van der Waals surface area contributed by atoms with Gasteiger partial charge in [-0.1, -0.05) is 23.7 Å². The molecule has 1 aromatic carbocycles. The number of carbonyl (C=O) groups excluding carboxylic acids is 3. The number of benzene rings is 1. The molecule has 3 rings (SSSR count). The Morgan fingerprint density at radius 1 is 1.31 bits per heavy atom. The minimum Gasteiger partial charge on any atom is -0.354 e. The number of nitrogens with one attached hydrogen (secondary N) is 2. The van der Waals surface area contributed by atoms with Crippen molar-refractivity contribution in [1.82, 2.24) is 20.2 Å². The topological polar surface area (TPSA) is 95.2 Å². The van der Waals surface area contributed by atoms with Crippen LogP contribution in [0.3, 0.4) is 0 Å². The minimum absolute atomic E-state index is 0.280. The summed E-state index contributed by atoms with van der Waals surface area (Å²) in [7, 11) is 0. The molecule has 0 aliphatic carbocycles. The SMILES string of the molecule is O=C(CN1C(=O)SC(=Cc2ccc(Cl)cc2)C1=O)NCCc1cnc[nH]1. The van der Waals surface area contributed by atoms with Crippen molar-refractivity contribution in [3.8, 4) is 0 Å². The monoisotopic (exact) mass is 390 g/mol. The molecule has 1 aliphatic heterocycles. The summed E-state index contributed by atoms with van der Waals surface area (Å²) in [6.45, 7) is 0.0868. The summed E-state index contributed by atoms with van der Waals surface area (Å²) in [4.78, 5) is 44.5. The first-order valence-electron chi connectivity index (χ1n) is 7.78. The average molecular weight is 391 g/mol. The molecule has 2 heterocycles. The number of imidazole rings is 1. The number of thioether (sulfide) groups is 1. The summed E-state index contributed by atoms with van der Waals surface area (Å²) in [5.74, 6) is -0.863. The van der Waals surface area contributed by atoms with E-state index in [0.29, 0.717) is 18.0 Å². The number of aromatic amines is 1. The molecule has 2 aromatic rings. The number of aromatic nitrogens is 2. The molecule has 1 aliphatic rings. The standard InChI is InChI=1S/C17H15ClN4O3S/c18-12-3-1-11(2-4-12)7-14-16(24)22(17(25)26-14)9-15(23)20-6-5-13-8-19-10-21-13/h1-4,7-8,10H,5-6,9H2,(H,19,21)(H,20,23). The van der Waals surface area contributed by atoms with Crippen LogP contribution in [0, 0.1) is 0 Å². The maximum Gasteiger partial charge on any atom is 0.294 e. The molecular formula is C17H15ClN4O3S. The quantitative estimate of drug-likeness (QED) is 0.739. The summed E-state index contributed by atoms with van der Waals surface area (Å²) >= 11 is 6.65. The zero-order valence-corrected chi connectivity index (χ0v) is 15.1. The normalized spacial score (nSPS) is 15.7. The smallest absolute Gasteiger partial charge is 0.294 e. The van der Waals surface area contributed by atoms with Crippen molar-refractivity contribution < 1.29 is 14.4 Å². The van der Waals surface area contributed by atoms with Gasteiger partial charge in [0.15, 0.2) is 0 Å². The maximum absolute atomic E-state index is 12.4. The Morgan fingerprint density at radius 3 is 2.77 bits per heavy atom. The van der Waals surface area contributed by atoms with Gasteiger partial charge in [0.25, 0.3) is 11.1 Å². The Labute approximate surface area is 158 Å². The lowest BCUT2D eigenvalue weighted by Gasteiger charge is -2.12. The summed E-state index contributed by atoms with van der Waals surface area (Å²) in [5, 5.41) is 2.81. The van der Waals surface area contributed by atoms with Gasteiger partial charge in [-0.05, 0) is 35.5 Å². The van der Waals surface area contributed by atoms with Gasteiger partial charge in [0.2, 0.25) is 5.91 Å². The fourth-order valence-electron chi connectivity index (χ4n) is 2.30. The summed E-state index contributed by atoms with van der Waals surface area (Å²) < 4.78 is 0. The molecule has 0 atom stereocenters. The maximum atomic E-state index is 12.4. The van der Waals surface area contributed by atoms with Crippen LogP contribution in [0.2, 0.25) is 5.02 Å².